The van der Waals surface area contributed by atoms with E-state index in [4.69, 9.17) is 4.74 Å². The van der Waals surface area contributed by atoms with Crippen molar-refractivity contribution in [3.05, 3.63) is 18.2 Å². The van der Waals surface area contributed by atoms with Crippen LogP contribution in [-0.2, 0) is 0 Å². The summed E-state index contributed by atoms with van der Waals surface area (Å²) in [4.78, 5) is 7.02. The lowest BCUT2D eigenvalue weighted by Gasteiger charge is -2.27. The van der Waals surface area contributed by atoms with Crippen LogP contribution in [0.15, 0.2) is 18.2 Å². The Labute approximate surface area is 108 Å². The molecular weight excluding hydrogens is 226 g/mol. The summed E-state index contributed by atoms with van der Waals surface area (Å²) in [6.45, 7) is 2.24. The fraction of sp³-hybridized carbons (Fsp3) is 0.643. The first-order chi connectivity index (χ1) is 8.86. The Balaban J connectivity index is 1.75. The van der Waals surface area contributed by atoms with Crippen molar-refractivity contribution in [1.29, 1.82) is 0 Å². The average molecular weight is 247 g/mol. The Morgan fingerprint density at radius 1 is 1.39 bits per heavy atom. The molecule has 1 aliphatic carbocycles. The second-order valence-electron chi connectivity index (χ2n) is 5.21. The molecule has 18 heavy (non-hydrogen) atoms. The van der Waals surface area contributed by atoms with Crippen LogP contribution in [0.2, 0.25) is 0 Å². The zero-order valence-corrected chi connectivity index (χ0v) is 10.9. The molecule has 98 valence electrons. The van der Waals surface area contributed by atoms with Gasteiger partial charge in [0.05, 0.1) is 7.11 Å². The topological polar surface area (TPSA) is 37.4 Å². The number of anilines is 1. The van der Waals surface area contributed by atoms with E-state index in [1.807, 2.05) is 12.1 Å². The minimum atomic E-state index is 0.624. The second-order valence-corrected chi connectivity index (χ2v) is 5.21. The molecule has 1 N–H and O–H groups in total. The summed E-state index contributed by atoms with van der Waals surface area (Å²) >= 11 is 0. The summed E-state index contributed by atoms with van der Waals surface area (Å²) in [7, 11) is 1.67. The van der Waals surface area contributed by atoms with Crippen LogP contribution >= 0.6 is 0 Å². The van der Waals surface area contributed by atoms with E-state index in [-0.39, 0.29) is 0 Å². The Hall–Kier alpha value is -1.29. The molecule has 1 aromatic rings. The second kappa shape index (κ2) is 5.14. The third-order valence-corrected chi connectivity index (χ3v) is 3.78. The van der Waals surface area contributed by atoms with Gasteiger partial charge >= 0.3 is 0 Å². The van der Waals surface area contributed by atoms with Crippen molar-refractivity contribution in [2.75, 3.05) is 25.1 Å². The third kappa shape index (κ3) is 2.58. The van der Waals surface area contributed by atoms with Gasteiger partial charge in [-0.05, 0) is 38.3 Å². The Morgan fingerprint density at radius 2 is 2.28 bits per heavy atom. The molecule has 1 atom stereocenters. The van der Waals surface area contributed by atoms with Gasteiger partial charge in [-0.25, -0.2) is 0 Å². The number of aromatic nitrogens is 1. The lowest BCUT2D eigenvalue weighted by atomic mass is 10.2. The molecule has 3 rings (SSSR count). The van der Waals surface area contributed by atoms with Gasteiger partial charge in [-0.1, -0.05) is 6.07 Å². The van der Waals surface area contributed by atoms with E-state index >= 15 is 0 Å². The van der Waals surface area contributed by atoms with Crippen LogP contribution in [0.1, 0.15) is 25.7 Å². The number of nitrogens with zero attached hydrogens (tertiary/aromatic N) is 2. The van der Waals surface area contributed by atoms with E-state index in [1.54, 1.807) is 7.11 Å². The van der Waals surface area contributed by atoms with E-state index in [1.165, 1.54) is 25.7 Å². The Morgan fingerprint density at radius 3 is 2.94 bits per heavy atom. The van der Waals surface area contributed by atoms with Crippen molar-refractivity contribution in [2.45, 2.75) is 37.8 Å². The van der Waals surface area contributed by atoms with Crippen molar-refractivity contribution in [1.82, 2.24) is 10.3 Å². The predicted molar refractivity (Wildman–Crippen MR) is 72.2 cm³/mol. The van der Waals surface area contributed by atoms with E-state index < -0.39 is 0 Å². The van der Waals surface area contributed by atoms with Crippen LogP contribution in [0.3, 0.4) is 0 Å². The molecule has 1 unspecified atom stereocenters. The van der Waals surface area contributed by atoms with Crippen LogP contribution in [0.25, 0.3) is 0 Å². The molecule has 4 heteroatoms. The minimum absolute atomic E-state index is 0.624. The van der Waals surface area contributed by atoms with Gasteiger partial charge < -0.3 is 15.0 Å². The third-order valence-electron chi connectivity index (χ3n) is 3.78. The summed E-state index contributed by atoms with van der Waals surface area (Å²) in [5.74, 6) is 1.77. The van der Waals surface area contributed by atoms with Gasteiger partial charge in [0.1, 0.15) is 5.82 Å². The first-order valence-corrected chi connectivity index (χ1v) is 6.88. The summed E-state index contributed by atoms with van der Waals surface area (Å²) in [6.07, 6.45) is 5.18. The fourth-order valence-corrected chi connectivity index (χ4v) is 2.64. The highest BCUT2D eigenvalue weighted by Gasteiger charge is 2.32. The Bertz CT molecular complexity index is 400. The number of methoxy groups -OCH3 is 1. The van der Waals surface area contributed by atoms with Gasteiger partial charge in [0.25, 0.3) is 0 Å². The molecule has 1 saturated heterocycles. The van der Waals surface area contributed by atoms with Crippen molar-refractivity contribution in [3.8, 4) is 5.88 Å². The lowest BCUT2D eigenvalue weighted by molar-refractivity contribution is 0.397. The predicted octanol–water partition coefficient (Wildman–Crippen LogP) is 1.81. The maximum atomic E-state index is 5.22. The summed E-state index contributed by atoms with van der Waals surface area (Å²) in [5.41, 5.74) is 0. The van der Waals surface area contributed by atoms with Gasteiger partial charge in [-0.2, -0.15) is 4.98 Å². The smallest absolute Gasteiger partial charge is 0.214 e. The van der Waals surface area contributed by atoms with Crippen LogP contribution in [0.5, 0.6) is 5.88 Å². The fourth-order valence-electron chi connectivity index (χ4n) is 2.64. The average Bonchev–Trinajstić information content (AvgIpc) is 3.13. The van der Waals surface area contributed by atoms with E-state index in [0.717, 1.165) is 18.9 Å². The highest BCUT2D eigenvalue weighted by molar-refractivity contribution is 5.43. The summed E-state index contributed by atoms with van der Waals surface area (Å²) < 4.78 is 5.22. The molecule has 0 amide bonds. The van der Waals surface area contributed by atoms with Gasteiger partial charge in [-0.3, -0.25) is 0 Å². The molecule has 2 fully saturated rings. The molecule has 1 saturated carbocycles. The molecule has 2 heterocycles. The largest absolute Gasteiger partial charge is 0.481 e. The van der Waals surface area contributed by atoms with E-state index in [9.17, 15) is 0 Å². The van der Waals surface area contributed by atoms with Crippen LogP contribution in [0.4, 0.5) is 5.82 Å². The number of rotatable bonds is 5. The zero-order valence-electron chi connectivity index (χ0n) is 10.9. The maximum absolute atomic E-state index is 5.22. The number of pyridine rings is 1. The molecule has 2 aliphatic rings. The van der Waals surface area contributed by atoms with Gasteiger partial charge in [0.15, 0.2) is 0 Å². The number of hydrogen-bond donors (Lipinski definition) is 1. The van der Waals surface area contributed by atoms with Crippen LogP contribution < -0.4 is 15.0 Å². The first-order valence-electron chi connectivity index (χ1n) is 6.88. The highest BCUT2D eigenvalue weighted by atomic mass is 16.5. The summed E-state index contributed by atoms with van der Waals surface area (Å²) in [6, 6.07) is 7.34. The van der Waals surface area contributed by atoms with Gasteiger partial charge in [0, 0.05) is 24.7 Å². The molecule has 4 nitrogen and oxygen atoms in total. The molecule has 0 radical (unpaired) electrons. The molecule has 1 aromatic heterocycles. The monoisotopic (exact) mass is 247 g/mol. The van der Waals surface area contributed by atoms with Crippen LogP contribution in [-0.4, -0.2) is 37.3 Å². The minimum Gasteiger partial charge on any atom is -0.481 e. The van der Waals surface area contributed by atoms with Crippen molar-refractivity contribution >= 4 is 5.82 Å². The quantitative estimate of drug-likeness (QED) is 0.861. The molecule has 0 bridgehead atoms. The Kier molecular flexibility index (Phi) is 3.37. The zero-order chi connectivity index (χ0) is 12.4. The number of hydrogen-bond acceptors (Lipinski definition) is 4. The SMILES string of the molecule is COc1cccc(N(CC2CCCN2)C2CC2)n1. The number of nitrogens with one attached hydrogen (secondary N) is 1. The summed E-state index contributed by atoms with van der Waals surface area (Å²) in [5, 5.41) is 3.57. The normalized spacial score (nSPS) is 23.1. The van der Waals surface area contributed by atoms with Gasteiger partial charge in [0.2, 0.25) is 5.88 Å². The highest BCUT2D eigenvalue weighted by Crippen LogP contribution is 2.32. The molecule has 0 aromatic carbocycles. The molecular formula is C14H21N3O. The van der Waals surface area contributed by atoms with Crippen molar-refractivity contribution in [3.63, 3.8) is 0 Å². The van der Waals surface area contributed by atoms with Gasteiger partial charge in [-0.15, -0.1) is 0 Å². The lowest BCUT2D eigenvalue weighted by Crippen LogP contribution is -2.39. The van der Waals surface area contributed by atoms with Crippen molar-refractivity contribution < 1.29 is 4.74 Å². The number of ether oxygens (including phenoxy) is 1. The standard InChI is InChI=1S/C14H21N3O/c1-18-14-6-2-5-13(16-14)17(12-7-8-12)10-11-4-3-9-15-11/h2,5-6,11-12,15H,3-4,7-10H2,1H3. The molecule has 1 aliphatic heterocycles. The van der Waals surface area contributed by atoms with E-state index in [0.29, 0.717) is 18.0 Å². The van der Waals surface area contributed by atoms with E-state index in [2.05, 4.69) is 21.3 Å². The van der Waals surface area contributed by atoms with Crippen LogP contribution in [0, 0.1) is 0 Å². The maximum Gasteiger partial charge on any atom is 0.214 e. The first kappa shape index (κ1) is 11.8. The molecule has 0 spiro atoms. The van der Waals surface area contributed by atoms with Crippen molar-refractivity contribution in [2.24, 2.45) is 0 Å².